The van der Waals surface area contributed by atoms with E-state index < -0.39 is 0 Å². The van der Waals surface area contributed by atoms with Gasteiger partial charge in [-0.3, -0.25) is 0 Å². The number of hydrogen-bond acceptors (Lipinski definition) is 3. The molecule has 1 rings (SSSR count). The van der Waals surface area contributed by atoms with Gasteiger partial charge in [-0.25, -0.2) is 4.68 Å². The summed E-state index contributed by atoms with van der Waals surface area (Å²) in [6, 6.07) is 0. The fourth-order valence-corrected chi connectivity index (χ4v) is 0.936. The van der Waals surface area contributed by atoms with E-state index in [0.717, 1.165) is 12.2 Å². The highest BCUT2D eigenvalue weighted by molar-refractivity contribution is 5.06. The molecule has 0 saturated heterocycles. The van der Waals surface area contributed by atoms with E-state index >= 15 is 0 Å². The Bertz CT molecular complexity index is 262. The van der Waals surface area contributed by atoms with Gasteiger partial charge in [-0.2, -0.15) is 0 Å². The molecule has 0 amide bonds. The molecule has 0 unspecified atom stereocenters. The number of hydrogen-bond donors (Lipinski definition) is 0. The predicted molar refractivity (Wildman–Crippen MR) is 50.6 cm³/mol. The van der Waals surface area contributed by atoms with Crippen molar-refractivity contribution >= 4 is 0 Å². The molecule has 0 N–H and O–H groups in total. The zero-order chi connectivity index (χ0) is 9.90. The van der Waals surface area contributed by atoms with Crippen molar-refractivity contribution in [2.24, 2.45) is 0 Å². The molecule has 0 radical (unpaired) electrons. The molecule has 0 aliphatic rings. The first-order chi connectivity index (χ1) is 6.04. The Hall–Kier alpha value is -0.900. The van der Waals surface area contributed by atoms with Crippen molar-refractivity contribution in [3.8, 4) is 0 Å². The van der Waals surface area contributed by atoms with Crippen molar-refractivity contribution in [3.63, 3.8) is 0 Å². The van der Waals surface area contributed by atoms with Crippen molar-refractivity contribution in [1.29, 1.82) is 0 Å². The first-order valence-corrected chi connectivity index (χ1v) is 4.43. The van der Waals surface area contributed by atoms with Crippen LogP contribution in [0.2, 0.25) is 0 Å². The summed E-state index contributed by atoms with van der Waals surface area (Å²) in [6.07, 6.45) is 1.97. The molecule has 1 aromatic heterocycles. The van der Waals surface area contributed by atoms with Gasteiger partial charge in [0.25, 0.3) is 0 Å². The minimum absolute atomic E-state index is 0.0747. The van der Waals surface area contributed by atoms with Gasteiger partial charge in [0, 0.05) is 18.7 Å². The standard InChI is InChI=1S/C9H17N3O/c1-9(2,3)8-7-12(11-10-8)5-6-13-4/h7H,5-6H2,1-4H3. The zero-order valence-corrected chi connectivity index (χ0v) is 8.74. The van der Waals surface area contributed by atoms with Crippen LogP contribution >= 0.6 is 0 Å². The van der Waals surface area contributed by atoms with E-state index in [2.05, 4.69) is 31.1 Å². The molecule has 1 heterocycles. The normalized spacial score (nSPS) is 12.0. The van der Waals surface area contributed by atoms with Gasteiger partial charge in [0.1, 0.15) is 0 Å². The minimum Gasteiger partial charge on any atom is -0.383 e. The van der Waals surface area contributed by atoms with E-state index in [1.165, 1.54) is 0 Å². The predicted octanol–water partition coefficient (Wildman–Crippen LogP) is 1.22. The lowest BCUT2D eigenvalue weighted by Gasteiger charge is -2.12. The third kappa shape index (κ3) is 2.81. The van der Waals surface area contributed by atoms with Crippen molar-refractivity contribution in [3.05, 3.63) is 11.9 Å². The fraction of sp³-hybridized carbons (Fsp3) is 0.778. The van der Waals surface area contributed by atoms with Crippen molar-refractivity contribution in [2.45, 2.75) is 32.7 Å². The van der Waals surface area contributed by atoms with E-state index in [9.17, 15) is 0 Å². The first kappa shape index (κ1) is 10.2. The molecule has 0 atom stereocenters. The van der Waals surface area contributed by atoms with Crippen LogP contribution in [-0.2, 0) is 16.7 Å². The summed E-state index contributed by atoms with van der Waals surface area (Å²) < 4.78 is 6.76. The molecule has 74 valence electrons. The quantitative estimate of drug-likeness (QED) is 0.707. The second-order valence-corrected chi connectivity index (χ2v) is 4.11. The van der Waals surface area contributed by atoms with E-state index in [1.807, 2.05) is 10.9 Å². The molecule has 0 spiro atoms. The lowest BCUT2D eigenvalue weighted by molar-refractivity contribution is 0.183. The van der Waals surface area contributed by atoms with Crippen LogP contribution in [0.15, 0.2) is 6.20 Å². The maximum absolute atomic E-state index is 4.95. The Labute approximate surface area is 78.9 Å². The second kappa shape index (κ2) is 3.87. The van der Waals surface area contributed by atoms with Crippen LogP contribution in [0.5, 0.6) is 0 Å². The number of nitrogens with zero attached hydrogens (tertiary/aromatic N) is 3. The maximum Gasteiger partial charge on any atom is 0.0880 e. The molecule has 4 nitrogen and oxygen atoms in total. The highest BCUT2D eigenvalue weighted by Crippen LogP contribution is 2.18. The van der Waals surface area contributed by atoms with Crippen LogP contribution in [-0.4, -0.2) is 28.7 Å². The molecule has 0 saturated carbocycles. The van der Waals surface area contributed by atoms with E-state index in [4.69, 9.17) is 4.74 Å². The maximum atomic E-state index is 4.95. The average molecular weight is 183 g/mol. The Kier molecular flexibility index (Phi) is 3.03. The second-order valence-electron chi connectivity index (χ2n) is 4.11. The van der Waals surface area contributed by atoms with Gasteiger partial charge in [0.15, 0.2) is 0 Å². The molecule has 1 aromatic rings. The molecular formula is C9H17N3O. The smallest absolute Gasteiger partial charge is 0.0880 e. The topological polar surface area (TPSA) is 39.9 Å². The summed E-state index contributed by atoms with van der Waals surface area (Å²) in [5.74, 6) is 0. The van der Waals surface area contributed by atoms with Gasteiger partial charge in [-0.15, -0.1) is 5.10 Å². The fourth-order valence-electron chi connectivity index (χ4n) is 0.936. The monoisotopic (exact) mass is 183 g/mol. The highest BCUT2D eigenvalue weighted by atomic mass is 16.5. The van der Waals surface area contributed by atoms with E-state index in [-0.39, 0.29) is 5.41 Å². The third-order valence-electron chi connectivity index (χ3n) is 1.83. The number of methoxy groups -OCH3 is 1. The minimum atomic E-state index is 0.0747. The average Bonchev–Trinajstić information content (AvgIpc) is 2.47. The summed E-state index contributed by atoms with van der Waals surface area (Å²) in [5, 5.41) is 8.10. The Morgan fingerprint density at radius 1 is 1.46 bits per heavy atom. The lowest BCUT2D eigenvalue weighted by atomic mass is 9.93. The Morgan fingerprint density at radius 3 is 2.62 bits per heavy atom. The van der Waals surface area contributed by atoms with Crippen LogP contribution in [0, 0.1) is 0 Å². The molecule has 0 aliphatic heterocycles. The van der Waals surface area contributed by atoms with Crippen molar-refractivity contribution < 1.29 is 4.74 Å². The summed E-state index contributed by atoms with van der Waals surface area (Å²) in [7, 11) is 1.68. The Morgan fingerprint density at radius 2 is 2.15 bits per heavy atom. The molecule has 0 bridgehead atoms. The van der Waals surface area contributed by atoms with Crippen LogP contribution in [0.25, 0.3) is 0 Å². The van der Waals surface area contributed by atoms with Crippen LogP contribution in [0.4, 0.5) is 0 Å². The van der Waals surface area contributed by atoms with Crippen LogP contribution < -0.4 is 0 Å². The van der Waals surface area contributed by atoms with E-state index in [0.29, 0.717) is 6.61 Å². The van der Waals surface area contributed by atoms with Gasteiger partial charge in [0.05, 0.1) is 18.8 Å². The largest absolute Gasteiger partial charge is 0.383 e. The van der Waals surface area contributed by atoms with Gasteiger partial charge >= 0.3 is 0 Å². The van der Waals surface area contributed by atoms with E-state index in [1.54, 1.807) is 7.11 Å². The number of aromatic nitrogens is 3. The van der Waals surface area contributed by atoms with Gasteiger partial charge in [-0.1, -0.05) is 26.0 Å². The molecular weight excluding hydrogens is 166 g/mol. The SMILES string of the molecule is COCCn1cc(C(C)(C)C)nn1. The highest BCUT2D eigenvalue weighted by Gasteiger charge is 2.17. The van der Waals surface area contributed by atoms with Crippen molar-refractivity contribution in [1.82, 2.24) is 15.0 Å². The zero-order valence-electron chi connectivity index (χ0n) is 8.74. The Balaban J connectivity index is 2.64. The van der Waals surface area contributed by atoms with Gasteiger partial charge in [-0.05, 0) is 0 Å². The molecule has 13 heavy (non-hydrogen) atoms. The molecule has 0 aliphatic carbocycles. The summed E-state index contributed by atoms with van der Waals surface area (Å²) in [5.41, 5.74) is 1.09. The van der Waals surface area contributed by atoms with Crippen molar-refractivity contribution in [2.75, 3.05) is 13.7 Å². The summed E-state index contributed by atoms with van der Waals surface area (Å²) in [4.78, 5) is 0. The first-order valence-electron chi connectivity index (χ1n) is 4.43. The van der Waals surface area contributed by atoms with Gasteiger partial charge < -0.3 is 4.74 Å². The summed E-state index contributed by atoms with van der Waals surface area (Å²) in [6.45, 7) is 7.81. The number of ether oxygens (including phenoxy) is 1. The summed E-state index contributed by atoms with van der Waals surface area (Å²) >= 11 is 0. The third-order valence-corrected chi connectivity index (χ3v) is 1.83. The molecule has 4 heteroatoms. The molecule has 0 aromatic carbocycles. The van der Waals surface area contributed by atoms with Gasteiger partial charge in [0.2, 0.25) is 0 Å². The lowest BCUT2D eigenvalue weighted by Crippen LogP contribution is -2.11. The van der Waals surface area contributed by atoms with Crippen LogP contribution in [0.1, 0.15) is 26.5 Å². The molecule has 0 fully saturated rings. The number of rotatable bonds is 3. The van der Waals surface area contributed by atoms with Crippen LogP contribution in [0.3, 0.4) is 0 Å².